The Balaban J connectivity index is 2.00. The molecule has 0 radical (unpaired) electrons. The monoisotopic (exact) mass is 409 g/mol. The Bertz CT molecular complexity index is 1210. The topological polar surface area (TPSA) is 100 Å². The van der Waals surface area contributed by atoms with E-state index in [0.717, 1.165) is 11.1 Å². The van der Waals surface area contributed by atoms with Crippen molar-refractivity contribution in [3.8, 4) is 11.5 Å². The van der Waals surface area contributed by atoms with Crippen LogP contribution in [0.15, 0.2) is 39.5 Å². The van der Waals surface area contributed by atoms with Gasteiger partial charge in [0.1, 0.15) is 5.58 Å². The van der Waals surface area contributed by atoms with E-state index in [1.54, 1.807) is 25.1 Å². The third-order valence-corrected chi connectivity index (χ3v) is 5.34. The van der Waals surface area contributed by atoms with Gasteiger partial charge < -0.3 is 24.3 Å². The number of hydrogen-bond donors (Lipinski definition) is 2. The molecule has 7 nitrogen and oxygen atoms in total. The van der Waals surface area contributed by atoms with E-state index in [0.29, 0.717) is 23.1 Å². The summed E-state index contributed by atoms with van der Waals surface area (Å²) in [6.45, 7) is 5.65. The molecule has 2 N–H and O–H groups in total. The quantitative estimate of drug-likeness (QED) is 0.672. The Morgan fingerprint density at radius 3 is 2.63 bits per heavy atom. The first-order valence-corrected chi connectivity index (χ1v) is 9.82. The minimum Gasteiger partial charge on any atom is -0.504 e. The van der Waals surface area contributed by atoms with Crippen LogP contribution in [0.4, 0.5) is 0 Å². The maximum absolute atomic E-state index is 13.5. The molecule has 3 aromatic rings. The molecule has 7 heteroatoms. The summed E-state index contributed by atoms with van der Waals surface area (Å²) in [7, 11) is 0. The zero-order chi connectivity index (χ0) is 21.6. The molecular formula is C23H23NO6. The van der Waals surface area contributed by atoms with Crippen LogP contribution in [0.2, 0.25) is 0 Å². The second-order valence-electron chi connectivity index (χ2n) is 7.42. The van der Waals surface area contributed by atoms with E-state index in [1.165, 1.54) is 11.0 Å². The molecule has 1 aliphatic rings. The molecule has 2 heterocycles. The smallest absolute Gasteiger partial charge is 0.290 e. The van der Waals surface area contributed by atoms with Gasteiger partial charge in [-0.3, -0.25) is 9.59 Å². The highest BCUT2D eigenvalue weighted by molar-refractivity contribution is 5.99. The standard InChI is InChI=1S/C23H23NO6/c1-4-29-17-11-14(5-6-16(17)26)19-18-20(27)15-10-12(2)9-13(3)21(15)30-22(18)23(28)24(19)7-8-25/h5-6,9-11,19,25-26H,4,7-8H2,1-3H3/t19-/m0/s1. The van der Waals surface area contributed by atoms with Crippen LogP contribution in [0.25, 0.3) is 11.0 Å². The van der Waals surface area contributed by atoms with E-state index in [-0.39, 0.29) is 41.4 Å². The first kappa shape index (κ1) is 20.0. The van der Waals surface area contributed by atoms with Gasteiger partial charge in [-0.15, -0.1) is 0 Å². The number of ether oxygens (including phenoxy) is 1. The number of fused-ring (bicyclic) bond motifs is 2. The molecule has 0 spiro atoms. The number of phenolic OH excluding ortho intramolecular Hbond substituents is 1. The summed E-state index contributed by atoms with van der Waals surface area (Å²) in [4.78, 5) is 28.0. The van der Waals surface area contributed by atoms with Crippen LogP contribution in [0.5, 0.6) is 11.5 Å². The number of aliphatic hydroxyl groups is 1. The van der Waals surface area contributed by atoms with Gasteiger partial charge in [-0.05, 0) is 55.7 Å². The molecule has 30 heavy (non-hydrogen) atoms. The summed E-state index contributed by atoms with van der Waals surface area (Å²) >= 11 is 0. The van der Waals surface area contributed by atoms with Crippen molar-refractivity contribution in [2.24, 2.45) is 0 Å². The number of amides is 1. The molecule has 0 unspecified atom stereocenters. The number of phenols is 1. The molecule has 2 aromatic carbocycles. The van der Waals surface area contributed by atoms with Crippen molar-refractivity contribution in [1.82, 2.24) is 4.90 Å². The van der Waals surface area contributed by atoms with Crippen molar-refractivity contribution in [3.63, 3.8) is 0 Å². The lowest BCUT2D eigenvalue weighted by Crippen LogP contribution is -2.32. The summed E-state index contributed by atoms with van der Waals surface area (Å²) in [6.07, 6.45) is 0. The van der Waals surface area contributed by atoms with Crippen LogP contribution >= 0.6 is 0 Å². The van der Waals surface area contributed by atoms with Crippen LogP contribution in [0.1, 0.15) is 45.8 Å². The number of nitrogens with zero attached hydrogens (tertiary/aromatic N) is 1. The van der Waals surface area contributed by atoms with E-state index in [9.17, 15) is 19.8 Å². The van der Waals surface area contributed by atoms with Gasteiger partial charge in [0.25, 0.3) is 5.91 Å². The lowest BCUT2D eigenvalue weighted by atomic mass is 9.97. The fraction of sp³-hybridized carbons (Fsp3) is 0.304. The first-order valence-electron chi connectivity index (χ1n) is 9.82. The van der Waals surface area contributed by atoms with Crippen LogP contribution in [-0.2, 0) is 0 Å². The fourth-order valence-electron chi connectivity index (χ4n) is 4.13. The minimum atomic E-state index is -0.749. The van der Waals surface area contributed by atoms with Gasteiger partial charge in [0.2, 0.25) is 5.76 Å². The predicted molar refractivity (Wildman–Crippen MR) is 111 cm³/mol. The number of rotatable bonds is 5. The van der Waals surface area contributed by atoms with Gasteiger partial charge in [0, 0.05) is 6.54 Å². The number of β-amino-alcohol motifs (C(OH)–C–C–N with tert-alkyl or cyclic N) is 1. The van der Waals surface area contributed by atoms with Crippen molar-refractivity contribution in [1.29, 1.82) is 0 Å². The molecule has 0 aliphatic carbocycles. The number of carbonyl (C=O) groups is 1. The van der Waals surface area contributed by atoms with Crippen molar-refractivity contribution < 1.29 is 24.2 Å². The number of carbonyl (C=O) groups excluding carboxylic acids is 1. The zero-order valence-electron chi connectivity index (χ0n) is 17.1. The van der Waals surface area contributed by atoms with E-state index in [2.05, 4.69) is 0 Å². The Morgan fingerprint density at radius 2 is 1.93 bits per heavy atom. The predicted octanol–water partition coefficient (Wildman–Crippen LogP) is 3.05. The average Bonchev–Trinajstić information content (AvgIpc) is 2.98. The summed E-state index contributed by atoms with van der Waals surface area (Å²) in [5.74, 6) is -0.231. The largest absolute Gasteiger partial charge is 0.504 e. The third kappa shape index (κ3) is 3.02. The molecule has 0 saturated carbocycles. The first-order chi connectivity index (χ1) is 14.4. The highest BCUT2D eigenvalue weighted by Crippen LogP contribution is 2.40. The maximum Gasteiger partial charge on any atom is 0.290 e. The molecule has 1 aromatic heterocycles. The van der Waals surface area contributed by atoms with Crippen LogP contribution in [0, 0.1) is 13.8 Å². The maximum atomic E-state index is 13.5. The van der Waals surface area contributed by atoms with Gasteiger partial charge in [0.05, 0.1) is 30.2 Å². The molecule has 0 saturated heterocycles. The third-order valence-electron chi connectivity index (χ3n) is 5.34. The van der Waals surface area contributed by atoms with Crippen molar-refractivity contribution >= 4 is 16.9 Å². The number of aromatic hydroxyl groups is 1. The van der Waals surface area contributed by atoms with E-state index < -0.39 is 11.9 Å². The normalized spacial score (nSPS) is 15.7. The lowest BCUT2D eigenvalue weighted by molar-refractivity contribution is 0.0691. The van der Waals surface area contributed by atoms with Crippen LogP contribution < -0.4 is 10.2 Å². The Labute approximate surface area is 173 Å². The second kappa shape index (κ2) is 7.50. The highest BCUT2D eigenvalue weighted by Gasteiger charge is 2.42. The Morgan fingerprint density at radius 1 is 1.17 bits per heavy atom. The van der Waals surface area contributed by atoms with Gasteiger partial charge in [-0.1, -0.05) is 12.1 Å². The number of aryl methyl sites for hydroxylation is 2. The van der Waals surface area contributed by atoms with Gasteiger partial charge in [0.15, 0.2) is 16.9 Å². The van der Waals surface area contributed by atoms with Gasteiger partial charge >= 0.3 is 0 Å². The lowest BCUT2D eigenvalue weighted by Gasteiger charge is -2.24. The highest BCUT2D eigenvalue weighted by atomic mass is 16.5. The second-order valence-corrected chi connectivity index (χ2v) is 7.42. The minimum absolute atomic E-state index is 0.0102. The van der Waals surface area contributed by atoms with Gasteiger partial charge in [-0.2, -0.15) is 0 Å². The molecule has 156 valence electrons. The fourth-order valence-corrected chi connectivity index (χ4v) is 4.13. The van der Waals surface area contributed by atoms with Crippen LogP contribution in [-0.4, -0.2) is 40.8 Å². The summed E-state index contributed by atoms with van der Waals surface area (Å²) in [6, 6.07) is 7.63. The van der Waals surface area contributed by atoms with Crippen molar-refractivity contribution in [3.05, 3.63) is 68.6 Å². The Hall–Kier alpha value is -3.32. The summed E-state index contributed by atoms with van der Waals surface area (Å²) in [5, 5.41) is 20.0. The van der Waals surface area contributed by atoms with Gasteiger partial charge in [-0.25, -0.2) is 0 Å². The molecule has 4 rings (SSSR count). The molecule has 1 atom stereocenters. The summed E-state index contributed by atoms with van der Waals surface area (Å²) in [5.41, 5.74) is 2.64. The summed E-state index contributed by atoms with van der Waals surface area (Å²) < 4.78 is 11.4. The van der Waals surface area contributed by atoms with Crippen molar-refractivity contribution in [2.75, 3.05) is 19.8 Å². The van der Waals surface area contributed by atoms with E-state index in [4.69, 9.17) is 9.15 Å². The average molecular weight is 409 g/mol. The van der Waals surface area contributed by atoms with Crippen molar-refractivity contribution in [2.45, 2.75) is 26.8 Å². The molecule has 1 amide bonds. The SMILES string of the molecule is CCOc1cc([C@H]2c3c(oc4c(C)cc(C)cc4c3=O)C(=O)N2CCO)ccc1O. The zero-order valence-corrected chi connectivity index (χ0v) is 17.1. The molecule has 0 bridgehead atoms. The number of hydrogen-bond acceptors (Lipinski definition) is 6. The Kier molecular flexibility index (Phi) is 4.99. The molecule has 0 fully saturated rings. The van der Waals surface area contributed by atoms with E-state index in [1.807, 2.05) is 19.9 Å². The molecule has 1 aliphatic heterocycles. The number of benzene rings is 2. The van der Waals surface area contributed by atoms with E-state index >= 15 is 0 Å². The van der Waals surface area contributed by atoms with Crippen LogP contribution in [0.3, 0.4) is 0 Å². The number of aliphatic hydroxyl groups excluding tert-OH is 1. The molecular weight excluding hydrogens is 386 g/mol.